The van der Waals surface area contributed by atoms with E-state index < -0.39 is 17.2 Å². The van der Waals surface area contributed by atoms with Gasteiger partial charge in [-0.25, -0.2) is 0 Å². The fraction of sp³-hybridized carbons (Fsp3) is 0.333. The summed E-state index contributed by atoms with van der Waals surface area (Å²) in [6.45, 7) is 0.952. The van der Waals surface area contributed by atoms with Gasteiger partial charge in [0, 0.05) is 31.3 Å². The Labute approximate surface area is 211 Å². The van der Waals surface area contributed by atoms with Crippen LogP contribution < -0.4 is 10.6 Å². The van der Waals surface area contributed by atoms with E-state index >= 15 is 0 Å². The first-order valence-electron chi connectivity index (χ1n) is 11.9. The summed E-state index contributed by atoms with van der Waals surface area (Å²) in [6.07, 6.45) is -2.84. The second kappa shape index (κ2) is 11.1. The van der Waals surface area contributed by atoms with Crippen LogP contribution in [0.25, 0.3) is 0 Å². The van der Waals surface area contributed by atoms with E-state index in [1.54, 1.807) is 24.3 Å². The van der Waals surface area contributed by atoms with Crippen LogP contribution >= 0.6 is 0 Å². The lowest BCUT2D eigenvalue weighted by molar-refractivity contribution is -0.137. The lowest BCUT2D eigenvalue weighted by Crippen LogP contribution is -2.41. The van der Waals surface area contributed by atoms with Crippen molar-refractivity contribution >= 4 is 23.1 Å². The Morgan fingerprint density at radius 3 is 2.43 bits per heavy atom. The maximum Gasteiger partial charge on any atom is 0.418 e. The summed E-state index contributed by atoms with van der Waals surface area (Å²) < 4.78 is 50.1. The fourth-order valence-corrected chi connectivity index (χ4v) is 4.36. The highest BCUT2D eigenvalue weighted by molar-refractivity contribution is 5.93. The van der Waals surface area contributed by atoms with E-state index in [-0.39, 0.29) is 48.7 Å². The predicted octanol–water partition coefficient (Wildman–Crippen LogP) is 5.82. The quantitative estimate of drug-likeness (QED) is 0.294. The van der Waals surface area contributed by atoms with Crippen molar-refractivity contribution < 1.29 is 37.0 Å². The third kappa shape index (κ3) is 6.51. The highest BCUT2D eigenvalue weighted by Crippen LogP contribution is 2.36. The first-order valence-corrected chi connectivity index (χ1v) is 11.9. The predicted molar refractivity (Wildman–Crippen MR) is 129 cm³/mol. The van der Waals surface area contributed by atoms with E-state index in [0.29, 0.717) is 31.6 Å². The molecule has 1 aliphatic rings. The Hall–Kier alpha value is -3.79. The number of para-hydroxylation sites is 1. The summed E-state index contributed by atoms with van der Waals surface area (Å²) in [5.74, 6) is -0.660. The summed E-state index contributed by atoms with van der Waals surface area (Å²) in [6, 6.07) is 14.7. The fourth-order valence-electron chi connectivity index (χ4n) is 4.36. The molecule has 3 N–H and O–H groups in total. The zero-order chi connectivity index (χ0) is 26.5. The average molecular weight is 517 g/mol. The van der Waals surface area contributed by atoms with E-state index in [0.717, 1.165) is 11.6 Å². The highest BCUT2D eigenvalue weighted by atomic mass is 19.4. The summed E-state index contributed by atoms with van der Waals surface area (Å²) >= 11 is 0. The van der Waals surface area contributed by atoms with Crippen LogP contribution in [0.2, 0.25) is 0 Å². The Bertz CT molecular complexity index is 1230. The number of rotatable bonds is 10. The summed E-state index contributed by atoms with van der Waals surface area (Å²) in [5, 5.41) is 15.0. The molecule has 3 aromatic rings. The molecule has 1 amide bonds. The average Bonchev–Trinajstić information content (AvgIpc) is 3.53. The number of halogens is 3. The number of aromatic hydroxyl groups is 1. The smallest absolute Gasteiger partial charge is 0.418 e. The van der Waals surface area contributed by atoms with Gasteiger partial charge in [0.1, 0.15) is 0 Å². The van der Waals surface area contributed by atoms with Crippen molar-refractivity contribution in [3.05, 3.63) is 77.6 Å². The first-order chi connectivity index (χ1) is 17.7. The van der Waals surface area contributed by atoms with Crippen molar-refractivity contribution in [3.63, 3.8) is 0 Å². The number of Topliss-reactive ketones (excluding diaryl/α,β-unsaturated/α-hetero) is 1. The molecule has 0 aliphatic carbocycles. The summed E-state index contributed by atoms with van der Waals surface area (Å²) in [5.41, 5.74) is -0.262. The molecule has 4 rings (SSSR count). The number of nitrogens with one attached hydrogen (secondary N) is 2. The van der Waals surface area contributed by atoms with E-state index in [1.807, 2.05) is 0 Å². The van der Waals surface area contributed by atoms with Gasteiger partial charge >= 0.3 is 6.18 Å². The van der Waals surface area contributed by atoms with Gasteiger partial charge in [0.15, 0.2) is 11.5 Å². The summed E-state index contributed by atoms with van der Waals surface area (Å²) in [4.78, 5) is 25.3. The van der Waals surface area contributed by atoms with E-state index in [1.165, 1.54) is 30.3 Å². The number of amides is 1. The molecular weight excluding hydrogens is 489 g/mol. The molecule has 196 valence electrons. The zero-order valence-electron chi connectivity index (χ0n) is 19.9. The third-order valence-electron chi connectivity index (χ3n) is 6.43. The normalized spacial score (nSPS) is 17.5. The van der Waals surface area contributed by atoms with Gasteiger partial charge in [0.25, 0.3) is 5.95 Å². The van der Waals surface area contributed by atoms with Gasteiger partial charge in [-0.05, 0) is 55.2 Å². The second-order valence-corrected chi connectivity index (χ2v) is 9.05. The van der Waals surface area contributed by atoms with Crippen LogP contribution in [-0.2, 0) is 22.3 Å². The van der Waals surface area contributed by atoms with E-state index in [9.17, 15) is 27.9 Å². The van der Waals surface area contributed by atoms with Crippen LogP contribution in [-0.4, -0.2) is 30.0 Å². The number of carbonyl (C=O) groups excluding carboxylic acids is 2. The molecular formula is C27H27F3N2O5. The minimum Gasteiger partial charge on any atom is -0.481 e. The van der Waals surface area contributed by atoms with Crippen molar-refractivity contribution in [2.24, 2.45) is 5.41 Å². The number of ketones is 1. The molecule has 0 saturated carbocycles. The van der Waals surface area contributed by atoms with Gasteiger partial charge in [-0.15, -0.1) is 0 Å². The van der Waals surface area contributed by atoms with Gasteiger partial charge in [0.05, 0.1) is 23.3 Å². The van der Waals surface area contributed by atoms with Crippen molar-refractivity contribution in [1.29, 1.82) is 0 Å². The maximum atomic E-state index is 13.2. The molecule has 1 aromatic heterocycles. The molecule has 0 spiro atoms. The molecule has 2 aromatic carbocycles. The summed E-state index contributed by atoms with van der Waals surface area (Å²) in [7, 11) is 0. The van der Waals surface area contributed by atoms with Crippen LogP contribution in [0.1, 0.15) is 47.4 Å². The van der Waals surface area contributed by atoms with Gasteiger partial charge in [-0.3, -0.25) is 9.59 Å². The molecule has 1 fully saturated rings. The van der Waals surface area contributed by atoms with Crippen LogP contribution in [0, 0.1) is 5.41 Å². The standard InChI is InChI=1S/C27H27F3N2O5/c28-27(29,30)20-4-1-2-5-21(20)32-19-9-7-18(8-10-19)16-31-25(35)26(14-15-36-17-26)13-3-6-22(33)23-11-12-24(34)37-23/h1-2,4-5,7-12,32,34H,3,6,13-17H2,(H,31,35). The zero-order valence-corrected chi connectivity index (χ0v) is 19.9. The number of anilines is 2. The number of hydrogen-bond acceptors (Lipinski definition) is 6. The monoisotopic (exact) mass is 516 g/mol. The highest BCUT2D eigenvalue weighted by Gasteiger charge is 2.41. The molecule has 7 nitrogen and oxygen atoms in total. The molecule has 0 bridgehead atoms. The topological polar surface area (TPSA) is 101 Å². The van der Waals surface area contributed by atoms with Crippen LogP contribution in [0.3, 0.4) is 0 Å². The molecule has 10 heteroatoms. The lowest BCUT2D eigenvalue weighted by atomic mass is 9.80. The number of carbonyl (C=O) groups is 2. The Balaban J connectivity index is 1.31. The first kappa shape index (κ1) is 26.3. The molecule has 1 saturated heterocycles. The second-order valence-electron chi connectivity index (χ2n) is 9.05. The minimum absolute atomic E-state index is 0.0402. The van der Waals surface area contributed by atoms with Gasteiger partial charge in [-0.2, -0.15) is 13.2 Å². The van der Waals surface area contributed by atoms with Crippen molar-refractivity contribution in [3.8, 4) is 5.95 Å². The van der Waals surface area contributed by atoms with Gasteiger partial charge in [-0.1, -0.05) is 24.3 Å². The van der Waals surface area contributed by atoms with Crippen LogP contribution in [0.4, 0.5) is 24.5 Å². The van der Waals surface area contributed by atoms with Crippen molar-refractivity contribution in [2.75, 3.05) is 18.5 Å². The van der Waals surface area contributed by atoms with Crippen molar-refractivity contribution in [1.82, 2.24) is 5.32 Å². The van der Waals surface area contributed by atoms with Crippen molar-refractivity contribution in [2.45, 2.75) is 38.4 Å². The number of benzene rings is 2. The molecule has 1 unspecified atom stereocenters. The van der Waals surface area contributed by atoms with Crippen LogP contribution in [0.15, 0.2) is 65.1 Å². The van der Waals surface area contributed by atoms with E-state index in [2.05, 4.69) is 10.6 Å². The molecule has 1 atom stereocenters. The Morgan fingerprint density at radius 1 is 1.03 bits per heavy atom. The van der Waals surface area contributed by atoms with E-state index in [4.69, 9.17) is 9.15 Å². The van der Waals surface area contributed by atoms with Gasteiger partial charge < -0.3 is 24.9 Å². The lowest BCUT2D eigenvalue weighted by Gasteiger charge is -2.26. The number of ether oxygens (including phenoxy) is 1. The maximum absolute atomic E-state index is 13.2. The SMILES string of the molecule is O=C(CCCC1(C(=O)NCc2ccc(Nc3ccccc3C(F)(F)F)cc2)CCOC1)c1ccc(O)o1. The largest absolute Gasteiger partial charge is 0.481 e. The number of alkyl halides is 3. The van der Waals surface area contributed by atoms with Crippen LogP contribution in [0.5, 0.6) is 5.95 Å². The molecule has 37 heavy (non-hydrogen) atoms. The molecule has 1 aliphatic heterocycles. The Kier molecular flexibility index (Phi) is 7.87. The molecule has 2 heterocycles. The molecule has 0 radical (unpaired) electrons. The number of hydrogen-bond donors (Lipinski definition) is 3. The minimum atomic E-state index is -4.47. The number of furan rings is 1. The van der Waals surface area contributed by atoms with Gasteiger partial charge in [0.2, 0.25) is 5.91 Å². The Morgan fingerprint density at radius 2 is 1.78 bits per heavy atom. The third-order valence-corrected chi connectivity index (χ3v) is 6.43.